The van der Waals surface area contributed by atoms with E-state index in [4.69, 9.17) is 5.11 Å². The molecule has 4 nitrogen and oxygen atoms in total. The fraction of sp³-hybridized carbons (Fsp3) is 0.200. The molecule has 0 fully saturated rings. The van der Waals surface area contributed by atoms with Crippen molar-refractivity contribution in [1.29, 1.82) is 0 Å². The molecular weight excluding hydrogens is 334 g/mol. The first-order valence-electron chi connectivity index (χ1n) is 8.02. The summed E-state index contributed by atoms with van der Waals surface area (Å²) in [5.41, 5.74) is 3.91. The fourth-order valence-electron chi connectivity index (χ4n) is 2.84. The number of para-hydroxylation sites is 1. The Balaban J connectivity index is 1.72. The molecule has 3 rings (SSSR count). The molecule has 2 N–H and O–H groups in total. The fourth-order valence-corrected chi connectivity index (χ4v) is 3.74. The topological polar surface area (TPSA) is 70.2 Å². The van der Waals surface area contributed by atoms with Gasteiger partial charge in [0.15, 0.2) is 5.78 Å². The third kappa shape index (κ3) is 3.61. The van der Waals surface area contributed by atoms with E-state index >= 15 is 0 Å². The lowest BCUT2D eigenvalue weighted by molar-refractivity contribution is 0.0696. The van der Waals surface area contributed by atoms with Crippen molar-refractivity contribution in [2.75, 3.05) is 0 Å². The van der Waals surface area contributed by atoms with Gasteiger partial charge in [-0.15, -0.1) is 11.8 Å². The number of nitrogens with one attached hydrogen (secondary N) is 1. The number of carbonyl (C=O) groups is 2. The molecule has 1 aromatic heterocycles. The van der Waals surface area contributed by atoms with Crippen LogP contribution in [0.2, 0.25) is 0 Å². The van der Waals surface area contributed by atoms with Gasteiger partial charge in [-0.1, -0.05) is 30.3 Å². The van der Waals surface area contributed by atoms with Crippen molar-refractivity contribution in [2.24, 2.45) is 0 Å². The van der Waals surface area contributed by atoms with Gasteiger partial charge in [0, 0.05) is 27.9 Å². The average Bonchev–Trinajstić information content (AvgIpc) is 2.95. The number of carboxylic acids is 1. The molecule has 0 radical (unpaired) electrons. The summed E-state index contributed by atoms with van der Waals surface area (Å²) in [6.07, 6.45) is 0. The highest BCUT2D eigenvalue weighted by atomic mass is 32.2. The quantitative estimate of drug-likeness (QED) is 0.631. The van der Waals surface area contributed by atoms with Gasteiger partial charge in [0.2, 0.25) is 0 Å². The Morgan fingerprint density at radius 1 is 1.12 bits per heavy atom. The lowest BCUT2D eigenvalue weighted by Crippen LogP contribution is -2.14. The number of thioether (sulfide) groups is 1. The van der Waals surface area contributed by atoms with E-state index in [1.165, 1.54) is 0 Å². The van der Waals surface area contributed by atoms with Gasteiger partial charge >= 0.3 is 5.97 Å². The molecule has 5 heteroatoms. The van der Waals surface area contributed by atoms with Crippen molar-refractivity contribution in [2.45, 2.75) is 24.9 Å². The number of Topliss-reactive ketones (excluding diaryl/α,β-unsaturated/α-hetero) is 1. The lowest BCUT2D eigenvalue weighted by atomic mass is 10.1. The minimum Gasteiger partial charge on any atom is -0.478 e. The van der Waals surface area contributed by atoms with Crippen LogP contribution in [0, 0.1) is 6.92 Å². The number of aromatic amines is 1. The number of carbonyl (C=O) groups excluding carboxylic acids is 1. The highest BCUT2D eigenvalue weighted by Gasteiger charge is 2.21. The van der Waals surface area contributed by atoms with E-state index in [1.807, 2.05) is 38.1 Å². The molecule has 2 aromatic carbocycles. The first-order chi connectivity index (χ1) is 12.0. The van der Waals surface area contributed by atoms with E-state index in [-0.39, 0.29) is 16.6 Å². The van der Waals surface area contributed by atoms with Gasteiger partial charge in [-0.3, -0.25) is 4.79 Å². The Bertz CT molecular complexity index is 928. The van der Waals surface area contributed by atoms with Crippen molar-refractivity contribution in [3.8, 4) is 0 Å². The zero-order chi connectivity index (χ0) is 18.0. The number of ketones is 1. The lowest BCUT2D eigenvalue weighted by Gasteiger charge is -2.11. The second-order valence-corrected chi connectivity index (χ2v) is 7.32. The maximum atomic E-state index is 12.9. The van der Waals surface area contributed by atoms with E-state index in [0.29, 0.717) is 5.75 Å². The molecule has 0 aliphatic rings. The molecule has 128 valence electrons. The van der Waals surface area contributed by atoms with Crippen LogP contribution in [0.3, 0.4) is 0 Å². The summed E-state index contributed by atoms with van der Waals surface area (Å²) in [7, 11) is 0. The molecule has 0 bridgehead atoms. The minimum atomic E-state index is -0.933. The predicted octanol–water partition coefficient (Wildman–Crippen LogP) is 4.68. The second kappa shape index (κ2) is 7.15. The van der Waals surface area contributed by atoms with Crippen molar-refractivity contribution in [3.05, 3.63) is 70.9 Å². The molecule has 0 spiro atoms. The summed E-state index contributed by atoms with van der Waals surface area (Å²) in [5.74, 6) is -0.159. The smallest absolute Gasteiger partial charge is 0.335 e. The normalized spacial score (nSPS) is 12.2. The van der Waals surface area contributed by atoms with Gasteiger partial charge in [0.05, 0.1) is 10.8 Å². The van der Waals surface area contributed by atoms with Gasteiger partial charge in [-0.2, -0.15) is 0 Å². The highest BCUT2D eigenvalue weighted by Crippen LogP contribution is 2.27. The van der Waals surface area contributed by atoms with Crippen LogP contribution in [0.15, 0.2) is 48.5 Å². The van der Waals surface area contributed by atoms with E-state index in [1.54, 1.807) is 36.0 Å². The summed E-state index contributed by atoms with van der Waals surface area (Å²) in [5, 5.41) is 9.71. The third-order valence-corrected chi connectivity index (χ3v) is 5.42. The first-order valence-corrected chi connectivity index (χ1v) is 9.07. The number of benzene rings is 2. The highest BCUT2D eigenvalue weighted by molar-refractivity contribution is 7.99. The number of aromatic carboxylic acids is 1. The zero-order valence-electron chi connectivity index (χ0n) is 14.1. The van der Waals surface area contributed by atoms with Gasteiger partial charge in [0.1, 0.15) is 0 Å². The minimum absolute atomic E-state index is 0.113. The molecule has 1 atom stereocenters. The largest absolute Gasteiger partial charge is 0.478 e. The second-order valence-electron chi connectivity index (χ2n) is 5.99. The molecule has 0 saturated carbocycles. The molecule has 1 unspecified atom stereocenters. The molecular formula is C20H19NO3S. The number of fused-ring (bicyclic) bond motifs is 1. The Hall–Kier alpha value is -2.53. The number of hydrogen-bond donors (Lipinski definition) is 2. The van der Waals surface area contributed by atoms with Gasteiger partial charge in [0.25, 0.3) is 0 Å². The molecule has 0 amide bonds. The maximum Gasteiger partial charge on any atom is 0.335 e. The monoisotopic (exact) mass is 353 g/mol. The van der Waals surface area contributed by atoms with E-state index in [2.05, 4.69) is 4.98 Å². The number of rotatable bonds is 6. The van der Waals surface area contributed by atoms with E-state index < -0.39 is 5.97 Å². The Morgan fingerprint density at radius 2 is 1.80 bits per heavy atom. The summed E-state index contributed by atoms with van der Waals surface area (Å²) >= 11 is 1.56. The number of H-pyrrole nitrogens is 1. The van der Waals surface area contributed by atoms with Crippen LogP contribution >= 0.6 is 11.8 Å². The van der Waals surface area contributed by atoms with Crippen LogP contribution in [-0.2, 0) is 5.75 Å². The number of aryl methyl sites for hydroxylation is 1. The number of carboxylic acid groups (broad SMARTS) is 1. The molecule has 0 aliphatic heterocycles. The Morgan fingerprint density at radius 3 is 2.48 bits per heavy atom. The summed E-state index contributed by atoms with van der Waals surface area (Å²) in [6.45, 7) is 3.84. The van der Waals surface area contributed by atoms with Crippen LogP contribution in [0.4, 0.5) is 0 Å². The van der Waals surface area contributed by atoms with Gasteiger partial charge in [-0.05, 0) is 37.6 Å². The van der Waals surface area contributed by atoms with Crippen LogP contribution in [0.5, 0.6) is 0 Å². The SMILES string of the molecule is Cc1[nH]c2ccccc2c1C(=O)C(C)SCc1ccc(C(=O)O)cc1. The predicted molar refractivity (Wildman–Crippen MR) is 102 cm³/mol. The number of aromatic nitrogens is 1. The molecule has 0 saturated heterocycles. The summed E-state index contributed by atoms with van der Waals surface area (Å²) < 4.78 is 0. The van der Waals surface area contributed by atoms with Crippen molar-refractivity contribution in [1.82, 2.24) is 4.98 Å². The van der Waals surface area contributed by atoms with Gasteiger partial charge < -0.3 is 10.1 Å². The zero-order valence-corrected chi connectivity index (χ0v) is 14.9. The van der Waals surface area contributed by atoms with Crippen LogP contribution in [-0.4, -0.2) is 27.1 Å². The molecule has 0 aliphatic carbocycles. The average molecular weight is 353 g/mol. The molecule has 25 heavy (non-hydrogen) atoms. The van der Waals surface area contributed by atoms with E-state index in [9.17, 15) is 9.59 Å². The van der Waals surface area contributed by atoms with Crippen molar-refractivity contribution in [3.63, 3.8) is 0 Å². The van der Waals surface area contributed by atoms with Gasteiger partial charge in [-0.25, -0.2) is 4.79 Å². The van der Waals surface area contributed by atoms with E-state index in [0.717, 1.165) is 27.7 Å². The maximum absolute atomic E-state index is 12.9. The van der Waals surface area contributed by atoms with Crippen LogP contribution in [0.1, 0.15) is 38.9 Å². The van der Waals surface area contributed by atoms with Crippen molar-refractivity contribution < 1.29 is 14.7 Å². The Labute approximate surface area is 150 Å². The standard InChI is InChI=1S/C20H19NO3S/c1-12-18(16-5-3-4-6-17(16)21-12)19(22)13(2)25-11-14-7-9-15(10-8-14)20(23)24/h3-10,13,21H,11H2,1-2H3,(H,23,24). The molecule has 1 heterocycles. The summed E-state index contributed by atoms with van der Waals surface area (Å²) in [6, 6.07) is 14.6. The van der Waals surface area contributed by atoms with Crippen LogP contribution in [0.25, 0.3) is 10.9 Å². The van der Waals surface area contributed by atoms with Crippen molar-refractivity contribution >= 4 is 34.4 Å². The first kappa shape index (κ1) is 17.3. The Kier molecular flexibility index (Phi) is 4.95. The molecule has 3 aromatic rings. The summed E-state index contributed by atoms with van der Waals surface area (Å²) in [4.78, 5) is 27.0. The number of hydrogen-bond acceptors (Lipinski definition) is 3. The van der Waals surface area contributed by atoms with Crippen LogP contribution < -0.4 is 0 Å². The third-order valence-electron chi connectivity index (χ3n) is 4.21.